The molecule has 0 saturated heterocycles. The molecule has 4 saturated carbocycles. The lowest BCUT2D eigenvalue weighted by Gasteiger charge is -2.61. The minimum Gasteiger partial charge on any atom is -0.389 e. The molecule has 0 bridgehead atoms. The number of carbonyl (C=O) groups excluding carboxylic acids is 1. The van der Waals surface area contributed by atoms with Crippen LogP contribution in [0.2, 0.25) is 0 Å². The summed E-state index contributed by atoms with van der Waals surface area (Å²) in [6.45, 7) is 8.76. The van der Waals surface area contributed by atoms with E-state index in [0.717, 1.165) is 50.4 Å². The van der Waals surface area contributed by atoms with Crippen molar-refractivity contribution in [3.05, 3.63) is 12.7 Å². The first kappa shape index (κ1) is 16.8. The van der Waals surface area contributed by atoms with Crippen LogP contribution in [0.3, 0.4) is 0 Å². The smallest absolute Gasteiger partial charge is 0.133 e. The van der Waals surface area contributed by atoms with Gasteiger partial charge in [-0.25, -0.2) is 0 Å². The fourth-order valence-electron chi connectivity index (χ4n) is 7.73. The molecule has 0 heterocycles. The van der Waals surface area contributed by atoms with E-state index in [9.17, 15) is 9.90 Å². The van der Waals surface area contributed by atoms with Crippen molar-refractivity contribution in [3.63, 3.8) is 0 Å². The van der Waals surface area contributed by atoms with E-state index in [0.29, 0.717) is 23.0 Å². The molecule has 7 atom stereocenters. The third-order valence-electron chi connectivity index (χ3n) is 9.29. The molecule has 0 radical (unpaired) electrons. The Bertz CT molecular complexity index is 552. The van der Waals surface area contributed by atoms with Crippen molar-refractivity contribution in [1.82, 2.24) is 0 Å². The maximum Gasteiger partial charge on any atom is 0.133 e. The second-order valence-corrected chi connectivity index (χ2v) is 9.92. The van der Waals surface area contributed by atoms with Gasteiger partial charge in [-0.1, -0.05) is 19.9 Å². The van der Waals surface area contributed by atoms with Crippen LogP contribution in [0.1, 0.15) is 78.1 Å². The summed E-state index contributed by atoms with van der Waals surface area (Å²) in [4.78, 5) is 12.0. The quantitative estimate of drug-likeness (QED) is 0.731. The van der Waals surface area contributed by atoms with E-state index in [1.54, 1.807) is 0 Å². The summed E-state index contributed by atoms with van der Waals surface area (Å²) in [6, 6.07) is 0. The van der Waals surface area contributed by atoms with Gasteiger partial charge in [0.25, 0.3) is 0 Å². The number of hydrogen-bond acceptors (Lipinski definition) is 2. The van der Waals surface area contributed by atoms with Crippen LogP contribution in [-0.4, -0.2) is 16.5 Å². The Hall–Kier alpha value is -0.630. The van der Waals surface area contributed by atoms with Gasteiger partial charge in [-0.15, -0.1) is 6.58 Å². The summed E-state index contributed by atoms with van der Waals surface area (Å²) >= 11 is 0. The normalized spacial score (nSPS) is 53.9. The summed E-state index contributed by atoms with van der Waals surface area (Å²) in [7, 11) is 0. The molecule has 0 aromatic heterocycles. The van der Waals surface area contributed by atoms with Crippen molar-refractivity contribution < 1.29 is 9.90 Å². The zero-order valence-electron chi connectivity index (χ0n) is 15.5. The third kappa shape index (κ3) is 2.08. The van der Waals surface area contributed by atoms with Gasteiger partial charge in [-0.05, 0) is 85.9 Å². The fourth-order valence-corrected chi connectivity index (χ4v) is 7.73. The number of carbonyl (C=O) groups is 1. The molecule has 1 N–H and O–H groups in total. The van der Waals surface area contributed by atoms with Gasteiger partial charge < -0.3 is 5.11 Å². The van der Waals surface area contributed by atoms with Crippen molar-refractivity contribution in [3.8, 4) is 0 Å². The molecule has 0 spiro atoms. The van der Waals surface area contributed by atoms with E-state index in [4.69, 9.17) is 0 Å². The maximum atomic E-state index is 12.0. The van der Waals surface area contributed by atoms with Crippen LogP contribution in [0.4, 0.5) is 0 Å². The Morgan fingerprint density at radius 1 is 1.12 bits per heavy atom. The first-order chi connectivity index (χ1) is 11.3. The SMILES string of the molecule is C=CC[C@]1(O)CC[C@H]2[C@@H]3CC[C@H]4CC(=O)CC[C@]4(C)[C@H]3CC[C@@]21C. The largest absolute Gasteiger partial charge is 0.389 e. The molecule has 0 aliphatic heterocycles. The van der Waals surface area contributed by atoms with E-state index < -0.39 is 5.60 Å². The van der Waals surface area contributed by atoms with Gasteiger partial charge >= 0.3 is 0 Å². The first-order valence-corrected chi connectivity index (χ1v) is 10.2. The molecule has 4 aliphatic rings. The van der Waals surface area contributed by atoms with Gasteiger partial charge in [-0.2, -0.15) is 0 Å². The van der Waals surface area contributed by atoms with Crippen LogP contribution >= 0.6 is 0 Å². The Kier molecular flexibility index (Phi) is 3.81. The zero-order valence-corrected chi connectivity index (χ0v) is 15.5. The highest BCUT2D eigenvalue weighted by atomic mass is 16.3. The van der Waals surface area contributed by atoms with Crippen LogP contribution in [0.25, 0.3) is 0 Å². The third-order valence-corrected chi connectivity index (χ3v) is 9.29. The van der Waals surface area contributed by atoms with Crippen LogP contribution in [0.15, 0.2) is 12.7 Å². The molecule has 4 fully saturated rings. The minimum atomic E-state index is -0.537. The number of ketones is 1. The van der Waals surface area contributed by atoms with E-state index in [-0.39, 0.29) is 5.41 Å². The molecule has 0 aromatic rings. The number of Topliss-reactive ketones (excluding diaryl/α,β-unsaturated/α-hetero) is 1. The highest BCUT2D eigenvalue weighted by Crippen LogP contribution is 2.68. The topological polar surface area (TPSA) is 37.3 Å². The molecule has 2 heteroatoms. The predicted octanol–water partition coefficient (Wildman–Crippen LogP) is 4.91. The van der Waals surface area contributed by atoms with Gasteiger partial charge in [-0.3, -0.25) is 4.79 Å². The maximum absolute atomic E-state index is 12.0. The lowest BCUT2D eigenvalue weighted by molar-refractivity contribution is -0.155. The van der Waals surface area contributed by atoms with Gasteiger partial charge in [0.15, 0.2) is 0 Å². The minimum absolute atomic E-state index is 0.0655. The Morgan fingerprint density at radius 2 is 1.88 bits per heavy atom. The molecule has 24 heavy (non-hydrogen) atoms. The van der Waals surface area contributed by atoms with Crippen LogP contribution < -0.4 is 0 Å². The highest BCUT2D eigenvalue weighted by molar-refractivity contribution is 5.79. The van der Waals surface area contributed by atoms with Gasteiger partial charge in [0, 0.05) is 12.8 Å². The lowest BCUT2D eigenvalue weighted by Crippen LogP contribution is -2.56. The average molecular weight is 331 g/mol. The summed E-state index contributed by atoms with van der Waals surface area (Å²) in [5.41, 5.74) is -0.0992. The van der Waals surface area contributed by atoms with Gasteiger partial charge in [0.2, 0.25) is 0 Å². The van der Waals surface area contributed by atoms with Crippen molar-refractivity contribution in [1.29, 1.82) is 0 Å². The van der Waals surface area contributed by atoms with Gasteiger partial charge in [0.05, 0.1) is 5.60 Å². The van der Waals surface area contributed by atoms with Crippen LogP contribution in [-0.2, 0) is 4.79 Å². The summed E-state index contributed by atoms with van der Waals surface area (Å²) in [5, 5.41) is 11.4. The molecular weight excluding hydrogens is 296 g/mol. The molecule has 0 unspecified atom stereocenters. The van der Waals surface area contributed by atoms with Gasteiger partial charge in [0.1, 0.15) is 5.78 Å². The summed E-state index contributed by atoms with van der Waals surface area (Å²) in [5.74, 6) is 3.32. The molecular formula is C22H34O2. The van der Waals surface area contributed by atoms with Crippen LogP contribution in [0, 0.1) is 34.5 Å². The zero-order chi connectivity index (χ0) is 17.2. The molecule has 4 aliphatic carbocycles. The van der Waals surface area contributed by atoms with Crippen molar-refractivity contribution in [2.24, 2.45) is 34.5 Å². The number of rotatable bonds is 2. The first-order valence-electron chi connectivity index (χ1n) is 10.2. The van der Waals surface area contributed by atoms with E-state index in [2.05, 4.69) is 20.4 Å². The van der Waals surface area contributed by atoms with E-state index in [1.165, 1.54) is 25.7 Å². The second kappa shape index (κ2) is 5.43. The number of aliphatic hydroxyl groups is 1. The molecule has 134 valence electrons. The fraction of sp³-hybridized carbons (Fsp3) is 0.864. The molecule has 2 nitrogen and oxygen atoms in total. The number of fused-ring (bicyclic) bond motifs is 5. The monoisotopic (exact) mass is 330 g/mol. The van der Waals surface area contributed by atoms with E-state index in [1.807, 2.05) is 6.08 Å². The Morgan fingerprint density at radius 3 is 2.62 bits per heavy atom. The van der Waals surface area contributed by atoms with E-state index >= 15 is 0 Å². The van der Waals surface area contributed by atoms with Crippen LogP contribution in [0.5, 0.6) is 0 Å². The molecule has 4 rings (SSSR count). The Labute approximate surface area is 147 Å². The van der Waals surface area contributed by atoms with Crippen molar-refractivity contribution >= 4 is 5.78 Å². The molecule has 0 amide bonds. The van der Waals surface area contributed by atoms with Crippen molar-refractivity contribution in [2.75, 3.05) is 0 Å². The Balaban J connectivity index is 1.63. The summed E-state index contributed by atoms with van der Waals surface area (Å²) in [6.07, 6.45) is 12.5. The predicted molar refractivity (Wildman–Crippen MR) is 96.5 cm³/mol. The lowest BCUT2D eigenvalue weighted by atomic mass is 9.44. The standard InChI is InChI=1S/C22H34O2/c1-4-10-22(24)13-9-19-17-6-5-15-14-16(23)7-11-20(15,2)18(17)8-12-21(19,22)3/h4,15,17-19,24H,1,5-14H2,2-3H3/t15-,17+,18-,19-,20-,21-,22-/m0/s1. The highest BCUT2D eigenvalue weighted by Gasteiger charge is 2.64. The number of hydrogen-bond donors (Lipinski definition) is 1. The van der Waals surface area contributed by atoms with Crippen molar-refractivity contribution in [2.45, 2.75) is 83.7 Å². The molecule has 0 aromatic carbocycles. The second-order valence-electron chi connectivity index (χ2n) is 9.92. The average Bonchev–Trinajstić information content (AvgIpc) is 2.80. The summed E-state index contributed by atoms with van der Waals surface area (Å²) < 4.78 is 0.